The number of hydrogen-bond donors (Lipinski definition) is 1. The lowest BCUT2D eigenvalue weighted by molar-refractivity contribution is 0.0943. The average Bonchev–Trinajstić information content (AvgIpc) is 3.61. The van der Waals surface area contributed by atoms with Gasteiger partial charge in [-0.1, -0.05) is 30.3 Å². The van der Waals surface area contributed by atoms with Crippen molar-refractivity contribution in [3.05, 3.63) is 113 Å². The predicted molar refractivity (Wildman–Crippen MR) is 157 cm³/mol. The first kappa shape index (κ1) is 25.9. The van der Waals surface area contributed by atoms with Gasteiger partial charge in [-0.2, -0.15) is 0 Å². The van der Waals surface area contributed by atoms with Gasteiger partial charge in [-0.05, 0) is 91.6 Å². The molecule has 0 unspecified atom stereocenters. The molecule has 204 valence electrons. The van der Waals surface area contributed by atoms with Crippen LogP contribution in [0.2, 0.25) is 0 Å². The van der Waals surface area contributed by atoms with Crippen LogP contribution in [0.25, 0.3) is 5.57 Å². The Kier molecular flexibility index (Phi) is 7.36. The molecule has 1 N–H and O–H groups in total. The van der Waals surface area contributed by atoms with Crippen LogP contribution >= 0.6 is 0 Å². The largest absolute Gasteiger partial charge is 0.351 e. The van der Waals surface area contributed by atoms with E-state index in [2.05, 4.69) is 29.4 Å². The molecule has 40 heavy (non-hydrogen) atoms. The lowest BCUT2D eigenvalue weighted by Crippen LogP contribution is -2.31. The van der Waals surface area contributed by atoms with Gasteiger partial charge in [-0.3, -0.25) is 9.59 Å². The third-order valence-electron chi connectivity index (χ3n) is 8.03. The number of anilines is 1. The van der Waals surface area contributed by atoms with E-state index in [4.69, 9.17) is 0 Å². The number of aromatic nitrogens is 3. The van der Waals surface area contributed by atoms with Crippen molar-refractivity contribution >= 4 is 23.1 Å². The van der Waals surface area contributed by atoms with Crippen LogP contribution in [0, 0.1) is 6.92 Å². The molecule has 7 heteroatoms. The van der Waals surface area contributed by atoms with Gasteiger partial charge in [-0.15, -0.1) is 0 Å². The van der Waals surface area contributed by atoms with E-state index in [0.717, 1.165) is 48.3 Å². The summed E-state index contributed by atoms with van der Waals surface area (Å²) in [4.78, 5) is 33.1. The SMILES string of the molecule is Cc1cc(C(=O)N2Cc3ccc(C(=O)NCCCn4ccnc4)n3Cc3ccccc32)ccc1C1=CCCCC1. The van der Waals surface area contributed by atoms with Gasteiger partial charge >= 0.3 is 0 Å². The van der Waals surface area contributed by atoms with Crippen molar-refractivity contribution in [2.24, 2.45) is 0 Å². The highest BCUT2D eigenvalue weighted by Crippen LogP contribution is 2.32. The van der Waals surface area contributed by atoms with Crippen LogP contribution in [-0.4, -0.2) is 32.5 Å². The van der Waals surface area contributed by atoms with E-state index in [1.165, 1.54) is 24.0 Å². The Hall–Kier alpha value is -4.39. The molecule has 2 aliphatic rings. The second-order valence-electron chi connectivity index (χ2n) is 10.7. The van der Waals surface area contributed by atoms with E-state index >= 15 is 0 Å². The van der Waals surface area contributed by atoms with E-state index in [0.29, 0.717) is 30.9 Å². The predicted octanol–water partition coefficient (Wildman–Crippen LogP) is 5.98. The molecule has 0 atom stereocenters. The summed E-state index contributed by atoms with van der Waals surface area (Å²) < 4.78 is 4.04. The highest BCUT2D eigenvalue weighted by molar-refractivity contribution is 6.07. The number of allylic oxidation sites excluding steroid dienone is 2. The van der Waals surface area contributed by atoms with Gasteiger partial charge in [-0.25, -0.2) is 4.98 Å². The van der Waals surface area contributed by atoms with Crippen molar-refractivity contribution in [1.29, 1.82) is 0 Å². The average molecular weight is 534 g/mol. The van der Waals surface area contributed by atoms with Crippen LogP contribution < -0.4 is 10.2 Å². The number of imidazole rings is 1. The second-order valence-corrected chi connectivity index (χ2v) is 10.7. The molecule has 4 aromatic rings. The lowest BCUT2D eigenvalue weighted by Gasteiger charge is -2.23. The number of nitrogens with zero attached hydrogens (tertiary/aromatic N) is 4. The van der Waals surface area contributed by atoms with Crippen molar-refractivity contribution < 1.29 is 9.59 Å². The topological polar surface area (TPSA) is 72.2 Å². The summed E-state index contributed by atoms with van der Waals surface area (Å²) in [7, 11) is 0. The normalized spacial score (nSPS) is 14.6. The van der Waals surface area contributed by atoms with Crippen molar-refractivity contribution in [2.45, 2.75) is 58.7 Å². The van der Waals surface area contributed by atoms with Crippen LogP contribution in [0.1, 0.15) is 75.3 Å². The van der Waals surface area contributed by atoms with E-state index < -0.39 is 0 Å². The fourth-order valence-corrected chi connectivity index (χ4v) is 5.91. The number of fused-ring (bicyclic) bond motifs is 2. The van der Waals surface area contributed by atoms with Gasteiger partial charge < -0.3 is 19.4 Å². The summed E-state index contributed by atoms with van der Waals surface area (Å²) in [6.45, 7) is 4.41. The number of nitrogens with one attached hydrogen (secondary N) is 1. The van der Waals surface area contributed by atoms with Crippen molar-refractivity contribution in [3.63, 3.8) is 0 Å². The molecule has 2 aromatic carbocycles. The number of hydrogen-bond acceptors (Lipinski definition) is 3. The molecule has 0 spiro atoms. The van der Waals surface area contributed by atoms with Crippen LogP contribution in [-0.2, 0) is 19.6 Å². The Bertz CT molecular complexity index is 1560. The number of rotatable bonds is 7. The van der Waals surface area contributed by atoms with E-state index in [-0.39, 0.29) is 11.8 Å². The molecule has 3 heterocycles. The Morgan fingerprint density at radius 3 is 2.73 bits per heavy atom. The van der Waals surface area contributed by atoms with Crippen molar-refractivity contribution in [2.75, 3.05) is 11.4 Å². The molecule has 1 aliphatic heterocycles. The minimum absolute atomic E-state index is 0.0279. The molecule has 1 aliphatic carbocycles. The third kappa shape index (κ3) is 5.24. The number of amides is 2. The second kappa shape index (κ2) is 11.4. The summed E-state index contributed by atoms with van der Waals surface area (Å²) in [5, 5.41) is 3.06. The Balaban J connectivity index is 1.23. The molecule has 0 saturated heterocycles. The van der Waals surface area contributed by atoms with E-state index in [1.807, 2.05) is 68.8 Å². The standard InChI is InChI=1S/C33H35N5O2/c1-24-20-26(12-14-29(24)25-8-3-2-4-9-25)33(40)38-22-28-13-15-31(37(28)21-27-10-5-6-11-30(27)38)32(39)35-16-7-18-36-19-17-34-23-36/h5-6,8,10-15,17,19-20,23H,2-4,7,9,16,18,21-22H2,1H3,(H,35,39). The number of carbonyl (C=O) groups is 2. The number of carbonyl (C=O) groups excluding carboxylic acids is 2. The summed E-state index contributed by atoms with van der Waals surface area (Å²) in [6.07, 6.45) is 13.3. The van der Waals surface area contributed by atoms with Crippen LogP contribution in [0.15, 0.2) is 79.4 Å². The zero-order valence-corrected chi connectivity index (χ0v) is 23.0. The number of benzene rings is 2. The van der Waals surface area contributed by atoms with Crippen LogP contribution in [0.5, 0.6) is 0 Å². The summed E-state index contributed by atoms with van der Waals surface area (Å²) >= 11 is 0. The first-order valence-corrected chi connectivity index (χ1v) is 14.2. The maximum atomic E-state index is 14.0. The maximum Gasteiger partial charge on any atom is 0.267 e. The zero-order chi connectivity index (χ0) is 27.5. The Morgan fingerprint density at radius 1 is 1.02 bits per heavy atom. The fraction of sp³-hybridized carbons (Fsp3) is 0.303. The highest BCUT2D eigenvalue weighted by atomic mass is 16.2. The van der Waals surface area contributed by atoms with E-state index in [9.17, 15) is 9.59 Å². The zero-order valence-electron chi connectivity index (χ0n) is 23.0. The Labute approximate surface area is 235 Å². The third-order valence-corrected chi connectivity index (χ3v) is 8.03. The number of para-hydroxylation sites is 1. The summed E-state index contributed by atoms with van der Waals surface area (Å²) in [5.74, 6) is -0.128. The molecule has 2 aromatic heterocycles. The lowest BCUT2D eigenvalue weighted by atomic mass is 9.90. The minimum Gasteiger partial charge on any atom is -0.351 e. The van der Waals surface area contributed by atoms with Gasteiger partial charge in [0.25, 0.3) is 11.8 Å². The van der Waals surface area contributed by atoms with Gasteiger partial charge in [0.1, 0.15) is 5.69 Å². The Morgan fingerprint density at radius 2 is 1.93 bits per heavy atom. The van der Waals surface area contributed by atoms with Gasteiger partial charge in [0, 0.05) is 42.4 Å². The van der Waals surface area contributed by atoms with Gasteiger partial charge in [0.15, 0.2) is 0 Å². The first-order valence-electron chi connectivity index (χ1n) is 14.2. The minimum atomic E-state index is -0.0997. The first-order chi connectivity index (χ1) is 19.6. The smallest absolute Gasteiger partial charge is 0.267 e. The molecule has 0 saturated carbocycles. The summed E-state index contributed by atoms with van der Waals surface area (Å²) in [6, 6.07) is 18.0. The molecule has 0 radical (unpaired) electrons. The summed E-state index contributed by atoms with van der Waals surface area (Å²) in [5.41, 5.74) is 7.92. The molecular formula is C33H35N5O2. The highest BCUT2D eigenvalue weighted by Gasteiger charge is 2.27. The van der Waals surface area contributed by atoms with Gasteiger partial charge in [0.05, 0.1) is 19.4 Å². The quantitative estimate of drug-likeness (QED) is 0.297. The van der Waals surface area contributed by atoms with Crippen molar-refractivity contribution in [1.82, 2.24) is 19.4 Å². The molecule has 7 nitrogen and oxygen atoms in total. The monoisotopic (exact) mass is 533 g/mol. The molecule has 0 bridgehead atoms. The van der Waals surface area contributed by atoms with Gasteiger partial charge in [0.2, 0.25) is 0 Å². The maximum absolute atomic E-state index is 14.0. The molecular weight excluding hydrogens is 498 g/mol. The molecule has 0 fully saturated rings. The fourth-order valence-electron chi connectivity index (χ4n) is 5.91. The molecule has 2 amide bonds. The number of aryl methyl sites for hydroxylation is 2. The van der Waals surface area contributed by atoms with E-state index in [1.54, 1.807) is 12.5 Å². The van der Waals surface area contributed by atoms with Crippen LogP contribution in [0.4, 0.5) is 5.69 Å². The van der Waals surface area contributed by atoms with Crippen molar-refractivity contribution in [3.8, 4) is 0 Å². The van der Waals surface area contributed by atoms with Crippen LogP contribution in [0.3, 0.4) is 0 Å². The molecule has 6 rings (SSSR count).